The molecule has 0 spiro atoms. The lowest BCUT2D eigenvalue weighted by atomic mass is 9.98. The molecule has 0 saturated carbocycles. The lowest BCUT2D eigenvalue weighted by Gasteiger charge is -2.24. The SMILES string of the molecule is O=C1O[C@@H](C(=O)Nc2ccccc2C(=O)NCc2ccc3c(c2)OCO3)Cc2ccccc21. The van der Waals surface area contributed by atoms with Crippen LogP contribution in [0, 0.1) is 0 Å². The van der Waals surface area contributed by atoms with Crippen LogP contribution in [-0.2, 0) is 22.5 Å². The second kappa shape index (κ2) is 8.66. The average molecular weight is 444 g/mol. The molecule has 166 valence electrons. The number of cyclic esters (lactones) is 1. The highest BCUT2D eigenvalue weighted by molar-refractivity contribution is 6.05. The molecule has 1 atom stereocenters. The van der Waals surface area contributed by atoms with Crippen LogP contribution in [0.5, 0.6) is 11.5 Å². The summed E-state index contributed by atoms with van der Waals surface area (Å²) in [6.07, 6.45) is -0.705. The summed E-state index contributed by atoms with van der Waals surface area (Å²) in [5.41, 5.74) is 2.70. The lowest BCUT2D eigenvalue weighted by molar-refractivity contribution is -0.125. The normalized spacial score (nSPS) is 15.9. The van der Waals surface area contributed by atoms with Crippen LogP contribution in [0.1, 0.15) is 31.8 Å². The predicted molar refractivity (Wildman–Crippen MR) is 118 cm³/mol. The predicted octanol–water partition coefficient (Wildman–Crippen LogP) is 3.07. The number of rotatable bonds is 5. The first-order valence-electron chi connectivity index (χ1n) is 10.4. The van der Waals surface area contributed by atoms with E-state index in [4.69, 9.17) is 14.2 Å². The molecule has 0 fully saturated rings. The quantitative estimate of drug-likeness (QED) is 0.587. The number of benzene rings is 3. The van der Waals surface area contributed by atoms with Crippen LogP contribution in [-0.4, -0.2) is 30.7 Å². The van der Waals surface area contributed by atoms with Crippen LogP contribution >= 0.6 is 0 Å². The molecule has 8 heteroatoms. The molecule has 2 aliphatic heterocycles. The molecule has 2 aliphatic rings. The van der Waals surface area contributed by atoms with Gasteiger partial charge in [-0.1, -0.05) is 36.4 Å². The van der Waals surface area contributed by atoms with Crippen LogP contribution in [0.4, 0.5) is 5.69 Å². The molecular weight excluding hydrogens is 424 g/mol. The zero-order valence-electron chi connectivity index (χ0n) is 17.5. The van der Waals surface area contributed by atoms with Crippen LogP contribution in [0.3, 0.4) is 0 Å². The van der Waals surface area contributed by atoms with E-state index >= 15 is 0 Å². The van der Waals surface area contributed by atoms with E-state index in [0.29, 0.717) is 28.3 Å². The zero-order valence-corrected chi connectivity index (χ0v) is 17.5. The van der Waals surface area contributed by atoms with Crippen molar-refractivity contribution in [3.8, 4) is 11.5 Å². The van der Waals surface area contributed by atoms with E-state index in [0.717, 1.165) is 11.1 Å². The molecule has 5 rings (SSSR count). The molecule has 3 aromatic carbocycles. The van der Waals surface area contributed by atoms with Gasteiger partial charge in [0.2, 0.25) is 6.79 Å². The van der Waals surface area contributed by atoms with Gasteiger partial charge in [0.1, 0.15) is 0 Å². The Balaban J connectivity index is 1.26. The fourth-order valence-electron chi connectivity index (χ4n) is 3.81. The maximum atomic E-state index is 12.8. The van der Waals surface area contributed by atoms with Crippen molar-refractivity contribution in [1.29, 1.82) is 0 Å². The summed E-state index contributed by atoms with van der Waals surface area (Å²) in [5.74, 6) is -0.0719. The minimum Gasteiger partial charge on any atom is -0.454 e. The molecule has 0 bridgehead atoms. The monoisotopic (exact) mass is 444 g/mol. The maximum Gasteiger partial charge on any atom is 0.339 e. The Morgan fingerprint density at radius 3 is 2.64 bits per heavy atom. The molecule has 0 radical (unpaired) electrons. The van der Waals surface area contributed by atoms with Gasteiger partial charge in [0.25, 0.3) is 11.8 Å². The van der Waals surface area contributed by atoms with Crippen LogP contribution < -0.4 is 20.1 Å². The van der Waals surface area contributed by atoms with Gasteiger partial charge in [0, 0.05) is 13.0 Å². The van der Waals surface area contributed by atoms with Crippen molar-refractivity contribution in [2.45, 2.75) is 19.1 Å². The summed E-state index contributed by atoms with van der Waals surface area (Å²) in [7, 11) is 0. The fraction of sp³-hybridized carbons (Fsp3) is 0.160. The Morgan fingerprint density at radius 2 is 1.73 bits per heavy atom. The van der Waals surface area contributed by atoms with Crippen LogP contribution in [0.15, 0.2) is 66.7 Å². The zero-order chi connectivity index (χ0) is 22.8. The van der Waals surface area contributed by atoms with E-state index in [1.165, 1.54) is 0 Å². The topological polar surface area (TPSA) is 103 Å². The fourth-order valence-corrected chi connectivity index (χ4v) is 3.81. The van der Waals surface area contributed by atoms with Crippen molar-refractivity contribution in [2.75, 3.05) is 12.1 Å². The van der Waals surface area contributed by atoms with E-state index in [1.54, 1.807) is 48.5 Å². The standard InChI is InChI=1S/C25H20N2O6/c28-23(26-13-15-9-10-20-21(11-15)32-14-31-20)18-7-3-4-8-19(18)27-24(29)22-12-16-5-1-2-6-17(16)25(30)33-22/h1-11,22H,12-14H2,(H,26,28)(H,27,29)/t22-/m1/s1. The molecule has 2 heterocycles. The van der Waals surface area contributed by atoms with Gasteiger partial charge in [-0.05, 0) is 41.5 Å². The number of carbonyl (C=O) groups is 3. The second-order valence-corrected chi connectivity index (χ2v) is 7.66. The smallest absolute Gasteiger partial charge is 0.339 e. The lowest BCUT2D eigenvalue weighted by Crippen LogP contribution is -2.38. The van der Waals surface area contributed by atoms with Gasteiger partial charge in [-0.25, -0.2) is 4.79 Å². The van der Waals surface area contributed by atoms with E-state index in [1.807, 2.05) is 18.2 Å². The number of ether oxygens (including phenoxy) is 3. The molecule has 0 aromatic heterocycles. The van der Waals surface area contributed by atoms with Crippen LogP contribution in [0.2, 0.25) is 0 Å². The first-order valence-corrected chi connectivity index (χ1v) is 10.4. The number of esters is 1. The molecule has 2 amide bonds. The number of hydrogen-bond acceptors (Lipinski definition) is 6. The molecule has 8 nitrogen and oxygen atoms in total. The van der Waals surface area contributed by atoms with Gasteiger partial charge in [-0.2, -0.15) is 0 Å². The first-order chi connectivity index (χ1) is 16.1. The molecule has 33 heavy (non-hydrogen) atoms. The van der Waals surface area contributed by atoms with Crippen LogP contribution in [0.25, 0.3) is 0 Å². The van der Waals surface area contributed by atoms with Crippen molar-refractivity contribution in [2.24, 2.45) is 0 Å². The summed E-state index contributed by atoms with van der Waals surface area (Å²) >= 11 is 0. The van der Waals surface area contributed by atoms with E-state index in [2.05, 4.69) is 10.6 Å². The summed E-state index contributed by atoms with van der Waals surface area (Å²) in [6.45, 7) is 0.453. The molecular formula is C25H20N2O6. The van der Waals surface area contributed by atoms with Crippen molar-refractivity contribution in [1.82, 2.24) is 5.32 Å². The third kappa shape index (κ3) is 4.23. The number of nitrogens with one attached hydrogen (secondary N) is 2. The molecule has 0 unspecified atom stereocenters. The average Bonchev–Trinajstić information content (AvgIpc) is 3.31. The number of amides is 2. The Kier molecular flexibility index (Phi) is 5.40. The highest BCUT2D eigenvalue weighted by Crippen LogP contribution is 2.32. The number of fused-ring (bicyclic) bond motifs is 2. The highest BCUT2D eigenvalue weighted by Gasteiger charge is 2.31. The van der Waals surface area contributed by atoms with Crippen molar-refractivity contribution in [3.63, 3.8) is 0 Å². The van der Waals surface area contributed by atoms with Crippen molar-refractivity contribution in [3.05, 3.63) is 89.0 Å². The minimum absolute atomic E-state index is 0.181. The van der Waals surface area contributed by atoms with Gasteiger partial charge in [0.05, 0.1) is 16.8 Å². The Morgan fingerprint density at radius 1 is 0.939 bits per heavy atom. The summed E-state index contributed by atoms with van der Waals surface area (Å²) in [6, 6.07) is 19.2. The molecule has 0 saturated heterocycles. The Bertz CT molecular complexity index is 1260. The summed E-state index contributed by atoms with van der Waals surface area (Å²) < 4.78 is 16.0. The van der Waals surface area contributed by atoms with Gasteiger partial charge in [0.15, 0.2) is 17.6 Å². The van der Waals surface area contributed by atoms with Crippen molar-refractivity contribution >= 4 is 23.5 Å². The number of anilines is 1. The van der Waals surface area contributed by atoms with Gasteiger partial charge in [-0.15, -0.1) is 0 Å². The Hall–Kier alpha value is -4.33. The summed E-state index contributed by atoms with van der Waals surface area (Å²) in [5, 5.41) is 5.58. The van der Waals surface area contributed by atoms with Crippen molar-refractivity contribution < 1.29 is 28.6 Å². The van der Waals surface area contributed by atoms with Gasteiger partial charge < -0.3 is 24.8 Å². The minimum atomic E-state index is -0.975. The van der Waals surface area contributed by atoms with Gasteiger partial charge in [-0.3, -0.25) is 9.59 Å². The van der Waals surface area contributed by atoms with Gasteiger partial charge >= 0.3 is 5.97 Å². The molecule has 0 aliphatic carbocycles. The second-order valence-electron chi connectivity index (χ2n) is 7.66. The van der Waals surface area contributed by atoms with E-state index < -0.39 is 18.0 Å². The maximum absolute atomic E-state index is 12.8. The molecule has 3 aromatic rings. The number of carbonyl (C=O) groups excluding carboxylic acids is 3. The van der Waals surface area contributed by atoms with E-state index in [-0.39, 0.29) is 25.7 Å². The number of hydrogen-bond donors (Lipinski definition) is 2. The van der Waals surface area contributed by atoms with E-state index in [9.17, 15) is 14.4 Å². The largest absolute Gasteiger partial charge is 0.454 e. The molecule has 2 N–H and O–H groups in total. The third-order valence-corrected chi connectivity index (χ3v) is 5.50. The number of para-hydroxylation sites is 1. The Labute approximate surface area is 189 Å². The highest BCUT2D eigenvalue weighted by atomic mass is 16.7. The summed E-state index contributed by atoms with van der Waals surface area (Å²) in [4.78, 5) is 37.9. The third-order valence-electron chi connectivity index (χ3n) is 5.50. The first kappa shape index (κ1) is 20.6.